The molecular formula is C20H20FN3O. The van der Waals surface area contributed by atoms with E-state index in [0.29, 0.717) is 18.4 Å². The van der Waals surface area contributed by atoms with Crippen LogP contribution in [0.25, 0.3) is 11.5 Å². The SMILES string of the molecule is N[C@@H]1CN(Cc2coc(-c3ccc(F)cc3)n2)C[C@H]1c1ccccc1. The Kier molecular flexibility index (Phi) is 4.34. The summed E-state index contributed by atoms with van der Waals surface area (Å²) in [5.74, 6) is 0.580. The Morgan fingerprint density at radius 3 is 2.60 bits per heavy atom. The van der Waals surface area contributed by atoms with Gasteiger partial charge in [0.15, 0.2) is 0 Å². The molecule has 25 heavy (non-hydrogen) atoms. The van der Waals surface area contributed by atoms with Crippen molar-refractivity contribution in [3.63, 3.8) is 0 Å². The molecule has 4 nitrogen and oxygen atoms in total. The van der Waals surface area contributed by atoms with Gasteiger partial charge in [-0.25, -0.2) is 9.37 Å². The lowest BCUT2D eigenvalue weighted by Gasteiger charge is -2.14. The summed E-state index contributed by atoms with van der Waals surface area (Å²) in [4.78, 5) is 6.83. The van der Waals surface area contributed by atoms with Crippen molar-refractivity contribution in [3.05, 3.63) is 77.9 Å². The van der Waals surface area contributed by atoms with Crippen molar-refractivity contribution < 1.29 is 8.81 Å². The Hall–Kier alpha value is -2.50. The van der Waals surface area contributed by atoms with Crippen LogP contribution in [0.15, 0.2) is 65.3 Å². The van der Waals surface area contributed by atoms with Crippen LogP contribution >= 0.6 is 0 Å². The first-order valence-electron chi connectivity index (χ1n) is 8.42. The maximum atomic E-state index is 13.0. The fraction of sp³-hybridized carbons (Fsp3) is 0.250. The van der Waals surface area contributed by atoms with E-state index in [1.165, 1.54) is 17.7 Å². The predicted octanol–water partition coefficient (Wildman–Crippen LogP) is 3.41. The molecule has 2 atom stereocenters. The lowest BCUT2D eigenvalue weighted by atomic mass is 9.95. The van der Waals surface area contributed by atoms with E-state index in [9.17, 15) is 4.39 Å². The van der Waals surface area contributed by atoms with Gasteiger partial charge >= 0.3 is 0 Å². The first-order chi connectivity index (χ1) is 12.2. The number of hydrogen-bond acceptors (Lipinski definition) is 4. The zero-order valence-electron chi connectivity index (χ0n) is 13.8. The zero-order chi connectivity index (χ0) is 17.2. The van der Waals surface area contributed by atoms with Crippen LogP contribution < -0.4 is 5.73 Å². The molecule has 2 heterocycles. The Morgan fingerprint density at radius 1 is 1.08 bits per heavy atom. The van der Waals surface area contributed by atoms with Gasteiger partial charge in [0.1, 0.15) is 12.1 Å². The molecule has 3 aromatic rings. The Labute approximate surface area is 146 Å². The van der Waals surface area contributed by atoms with Crippen LogP contribution in [-0.2, 0) is 6.54 Å². The smallest absolute Gasteiger partial charge is 0.226 e. The monoisotopic (exact) mass is 337 g/mol. The van der Waals surface area contributed by atoms with Gasteiger partial charge < -0.3 is 10.2 Å². The number of oxazole rings is 1. The maximum Gasteiger partial charge on any atom is 0.226 e. The topological polar surface area (TPSA) is 55.3 Å². The summed E-state index contributed by atoms with van der Waals surface area (Å²) in [6.07, 6.45) is 1.67. The Bertz CT molecular complexity index is 832. The van der Waals surface area contributed by atoms with Crippen LogP contribution in [0.2, 0.25) is 0 Å². The Morgan fingerprint density at radius 2 is 1.84 bits per heavy atom. The second-order valence-electron chi connectivity index (χ2n) is 6.53. The van der Waals surface area contributed by atoms with Crippen LogP contribution in [0, 0.1) is 5.82 Å². The Balaban J connectivity index is 1.44. The summed E-state index contributed by atoms with van der Waals surface area (Å²) in [6, 6.07) is 16.7. The summed E-state index contributed by atoms with van der Waals surface area (Å²) in [7, 11) is 0. The fourth-order valence-electron chi connectivity index (χ4n) is 3.43. The van der Waals surface area contributed by atoms with Gasteiger partial charge in [-0.05, 0) is 29.8 Å². The van der Waals surface area contributed by atoms with E-state index in [2.05, 4.69) is 34.1 Å². The van der Waals surface area contributed by atoms with E-state index in [1.54, 1.807) is 18.4 Å². The van der Waals surface area contributed by atoms with E-state index in [0.717, 1.165) is 24.3 Å². The number of nitrogens with two attached hydrogens (primary N) is 1. The molecule has 5 heteroatoms. The molecule has 1 aliphatic rings. The summed E-state index contributed by atoms with van der Waals surface area (Å²) >= 11 is 0. The highest BCUT2D eigenvalue weighted by Crippen LogP contribution is 2.28. The lowest BCUT2D eigenvalue weighted by Crippen LogP contribution is -2.28. The van der Waals surface area contributed by atoms with E-state index < -0.39 is 0 Å². The number of hydrogen-bond donors (Lipinski definition) is 1. The van der Waals surface area contributed by atoms with Gasteiger partial charge in [0.05, 0.1) is 5.69 Å². The van der Waals surface area contributed by atoms with Crippen molar-refractivity contribution in [2.45, 2.75) is 18.5 Å². The molecule has 4 rings (SSSR count). The maximum absolute atomic E-state index is 13.0. The lowest BCUT2D eigenvalue weighted by molar-refractivity contribution is 0.319. The van der Waals surface area contributed by atoms with Crippen molar-refractivity contribution in [1.29, 1.82) is 0 Å². The van der Waals surface area contributed by atoms with E-state index >= 15 is 0 Å². The summed E-state index contributed by atoms with van der Waals surface area (Å²) in [5, 5.41) is 0. The molecule has 0 radical (unpaired) electrons. The quantitative estimate of drug-likeness (QED) is 0.793. The third kappa shape index (κ3) is 3.48. The average Bonchev–Trinajstić information content (AvgIpc) is 3.23. The number of nitrogens with zero attached hydrogens (tertiary/aromatic N) is 2. The van der Waals surface area contributed by atoms with Gasteiger partial charge in [0.2, 0.25) is 5.89 Å². The minimum atomic E-state index is -0.270. The predicted molar refractivity (Wildman–Crippen MR) is 94.3 cm³/mol. The van der Waals surface area contributed by atoms with Gasteiger partial charge in [0, 0.05) is 37.2 Å². The molecule has 2 N–H and O–H groups in total. The van der Waals surface area contributed by atoms with Crippen molar-refractivity contribution in [2.24, 2.45) is 5.73 Å². The number of halogens is 1. The highest BCUT2D eigenvalue weighted by molar-refractivity contribution is 5.52. The molecule has 0 aliphatic carbocycles. The summed E-state index contributed by atoms with van der Waals surface area (Å²) in [6.45, 7) is 2.43. The van der Waals surface area contributed by atoms with Crippen LogP contribution in [-0.4, -0.2) is 29.0 Å². The number of rotatable bonds is 4. The zero-order valence-corrected chi connectivity index (χ0v) is 13.8. The van der Waals surface area contributed by atoms with Gasteiger partial charge in [-0.1, -0.05) is 30.3 Å². The first kappa shape index (κ1) is 16.0. The summed E-state index contributed by atoms with van der Waals surface area (Å²) in [5.41, 5.74) is 9.26. The third-order valence-corrected chi connectivity index (χ3v) is 4.70. The highest BCUT2D eigenvalue weighted by atomic mass is 19.1. The second-order valence-corrected chi connectivity index (χ2v) is 6.53. The molecule has 1 saturated heterocycles. The largest absolute Gasteiger partial charge is 0.444 e. The molecule has 1 aromatic heterocycles. The minimum absolute atomic E-state index is 0.117. The van der Waals surface area contributed by atoms with Gasteiger partial charge in [-0.3, -0.25) is 4.90 Å². The molecule has 0 bridgehead atoms. The van der Waals surface area contributed by atoms with E-state index in [-0.39, 0.29) is 11.9 Å². The van der Waals surface area contributed by atoms with Crippen LogP contribution in [0.5, 0.6) is 0 Å². The number of aromatic nitrogens is 1. The van der Waals surface area contributed by atoms with E-state index in [1.807, 2.05) is 6.07 Å². The standard InChI is InChI=1S/C20H20FN3O/c21-16-8-6-15(7-9-16)20-23-17(13-25-20)10-24-11-18(19(22)12-24)14-4-2-1-3-5-14/h1-9,13,18-19H,10-12,22H2/t18-,19+/m0/s1. The van der Waals surface area contributed by atoms with Crippen molar-refractivity contribution in [2.75, 3.05) is 13.1 Å². The highest BCUT2D eigenvalue weighted by Gasteiger charge is 2.31. The minimum Gasteiger partial charge on any atom is -0.444 e. The van der Waals surface area contributed by atoms with E-state index in [4.69, 9.17) is 10.2 Å². The molecule has 1 aliphatic heterocycles. The van der Waals surface area contributed by atoms with Gasteiger partial charge in [-0.2, -0.15) is 0 Å². The number of likely N-dealkylation sites (tertiary alicyclic amines) is 1. The van der Waals surface area contributed by atoms with Crippen molar-refractivity contribution in [3.8, 4) is 11.5 Å². The molecule has 128 valence electrons. The van der Waals surface area contributed by atoms with Crippen LogP contribution in [0.4, 0.5) is 4.39 Å². The normalized spacial score (nSPS) is 20.9. The van der Waals surface area contributed by atoms with Gasteiger partial charge in [-0.15, -0.1) is 0 Å². The molecular weight excluding hydrogens is 317 g/mol. The fourth-order valence-corrected chi connectivity index (χ4v) is 3.43. The van der Waals surface area contributed by atoms with Crippen LogP contribution in [0.1, 0.15) is 17.2 Å². The molecule has 0 amide bonds. The average molecular weight is 337 g/mol. The molecule has 1 fully saturated rings. The third-order valence-electron chi connectivity index (χ3n) is 4.70. The second kappa shape index (κ2) is 6.78. The molecule has 0 spiro atoms. The van der Waals surface area contributed by atoms with Crippen LogP contribution in [0.3, 0.4) is 0 Å². The summed E-state index contributed by atoms with van der Waals surface area (Å²) < 4.78 is 18.6. The van der Waals surface area contributed by atoms with Crippen molar-refractivity contribution in [1.82, 2.24) is 9.88 Å². The molecule has 2 aromatic carbocycles. The van der Waals surface area contributed by atoms with Gasteiger partial charge in [0.25, 0.3) is 0 Å². The molecule has 0 unspecified atom stereocenters. The molecule has 0 saturated carbocycles. The number of benzene rings is 2. The van der Waals surface area contributed by atoms with Crippen molar-refractivity contribution >= 4 is 0 Å². The first-order valence-corrected chi connectivity index (χ1v) is 8.42.